The van der Waals surface area contributed by atoms with E-state index < -0.39 is 5.54 Å². The van der Waals surface area contributed by atoms with E-state index in [2.05, 4.69) is 0 Å². The molecule has 2 heterocycles. The molecule has 0 aromatic carbocycles. The molecule has 2 aliphatic heterocycles. The molecule has 0 unspecified atom stereocenters. The number of esters is 1. The van der Waals surface area contributed by atoms with E-state index >= 15 is 0 Å². The zero-order chi connectivity index (χ0) is 16.8. The number of ether oxygens (including phenoxy) is 1. The van der Waals surface area contributed by atoms with Crippen molar-refractivity contribution >= 4 is 17.9 Å². The highest BCUT2D eigenvalue weighted by Crippen LogP contribution is 2.34. The predicted molar refractivity (Wildman–Crippen MR) is 83.5 cm³/mol. The first kappa shape index (κ1) is 16.0. The van der Waals surface area contributed by atoms with Crippen LogP contribution >= 0.6 is 0 Å². The van der Waals surface area contributed by atoms with E-state index in [4.69, 9.17) is 4.74 Å². The molecular weight excluding hydrogens is 296 g/mol. The lowest BCUT2D eigenvalue weighted by molar-refractivity contribution is -0.136. The number of carbonyl (C=O) groups excluding carboxylic acids is 3. The molecule has 0 aromatic rings. The van der Waals surface area contributed by atoms with E-state index in [9.17, 15) is 14.4 Å². The van der Waals surface area contributed by atoms with Crippen LogP contribution in [0.5, 0.6) is 0 Å². The maximum absolute atomic E-state index is 12.5. The van der Waals surface area contributed by atoms with Crippen LogP contribution in [0, 0.1) is 5.92 Å². The topological polar surface area (TPSA) is 66.9 Å². The lowest BCUT2D eigenvalue weighted by Crippen LogP contribution is -2.41. The van der Waals surface area contributed by atoms with Gasteiger partial charge in [0.2, 0.25) is 0 Å². The second-order valence-electron chi connectivity index (χ2n) is 7.30. The molecule has 1 aliphatic carbocycles. The van der Waals surface area contributed by atoms with Crippen LogP contribution in [0.15, 0.2) is 11.1 Å². The first-order chi connectivity index (χ1) is 10.8. The number of imide groups is 1. The second kappa shape index (κ2) is 5.65. The molecule has 23 heavy (non-hydrogen) atoms. The van der Waals surface area contributed by atoms with Gasteiger partial charge in [-0.2, -0.15) is 0 Å². The molecule has 3 amide bonds. The molecule has 0 aromatic heterocycles. The Balaban J connectivity index is 1.79. The van der Waals surface area contributed by atoms with Crippen LogP contribution in [0.1, 0.15) is 46.0 Å². The Kier molecular flexibility index (Phi) is 3.94. The summed E-state index contributed by atoms with van der Waals surface area (Å²) >= 11 is 0. The minimum Gasteiger partial charge on any atom is -0.458 e. The van der Waals surface area contributed by atoms with Gasteiger partial charge in [-0.05, 0) is 31.8 Å². The molecule has 1 saturated carbocycles. The number of amides is 3. The van der Waals surface area contributed by atoms with E-state index in [-0.39, 0.29) is 31.1 Å². The van der Waals surface area contributed by atoms with Gasteiger partial charge < -0.3 is 9.64 Å². The highest BCUT2D eigenvalue weighted by Gasteiger charge is 2.49. The van der Waals surface area contributed by atoms with Crippen LogP contribution in [-0.2, 0) is 14.3 Å². The summed E-state index contributed by atoms with van der Waals surface area (Å²) in [5.74, 6) is 0.0189. The van der Waals surface area contributed by atoms with Crippen LogP contribution in [0.3, 0.4) is 0 Å². The number of hydrogen-bond acceptors (Lipinski definition) is 4. The van der Waals surface area contributed by atoms with Gasteiger partial charge in [0.05, 0.1) is 6.54 Å². The average Bonchev–Trinajstić information content (AvgIpc) is 3.17. The van der Waals surface area contributed by atoms with Crippen molar-refractivity contribution in [3.63, 3.8) is 0 Å². The van der Waals surface area contributed by atoms with Crippen molar-refractivity contribution in [3.8, 4) is 0 Å². The molecule has 126 valence electrons. The van der Waals surface area contributed by atoms with Crippen molar-refractivity contribution in [2.75, 3.05) is 20.2 Å². The van der Waals surface area contributed by atoms with Gasteiger partial charge >= 0.3 is 12.0 Å². The summed E-state index contributed by atoms with van der Waals surface area (Å²) in [6, 6.07) is -0.313. The summed E-state index contributed by atoms with van der Waals surface area (Å²) in [6.45, 7) is 3.83. The summed E-state index contributed by atoms with van der Waals surface area (Å²) in [7, 11) is 1.63. The lowest BCUT2D eigenvalue weighted by atomic mass is 9.95. The van der Waals surface area contributed by atoms with Crippen molar-refractivity contribution in [1.82, 2.24) is 9.80 Å². The van der Waals surface area contributed by atoms with Gasteiger partial charge in [0.15, 0.2) is 0 Å². The smallest absolute Gasteiger partial charge is 0.334 e. The first-order valence-electron chi connectivity index (χ1n) is 8.30. The summed E-state index contributed by atoms with van der Waals surface area (Å²) < 4.78 is 5.17. The maximum atomic E-state index is 12.5. The minimum absolute atomic E-state index is 0.166. The Morgan fingerprint density at radius 2 is 1.83 bits per heavy atom. The Morgan fingerprint density at radius 1 is 1.17 bits per heavy atom. The van der Waals surface area contributed by atoms with Crippen molar-refractivity contribution in [3.05, 3.63) is 11.1 Å². The summed E-state index contributed by atoms with van der Waals surface area (Å²) in [6.07, 6.45) is 5.42. The second-order valence-corrected chi connectivity index (χ2v) is 7.30. The fraction of sp³-hybridized carbons (Fsp3) is 0.706. The molecule has 0 atom stereocenters. The summed E-state index contributed by atoms with van der Waals surface area (Å²) in [5, 5.41) is 0. The molecule has 6 nitrogen and oxygen atoms in total. The van der Waals surface area contributed by atoms with E-state index in [1.54, 1.807) is 20.9 Å². The number of nitrogens with zero attached hydrogens (tertiary/aromatic N) is 2. The normalized spacial score (nSPS) is 25.1. The van der Waals surface area contributed by atoms with E-state index in [1.807, 2.05) is 0 Å². The SMILES string of the molecule is CN1C(=O)N(CC2=C(CC3CCCC3)C(=O)OC2)C(=O)C1(C)C. The highest BCUT2D eigenvalue weighted by molar-refractivity contribution is 6.06. The number of cyclic esters (lactones) is 1. The third-order valence-corrected chi connectivity index (χ3v) is 5.49. The van der Waals surface area contributed by atoms with Crippen LogP contribution in [0.2, 0.25) is 0 Å². The average molecular weight is 320 g/mol. The lowest BCUT2D eigenvalue weighted by Gasteiger charge is -2.22. The molecular formula is C17H24N2O4. The standard InChI is InChI=1S/C17H24N2O4/c1-17(2)15(21)19(16(22)18(17)3)9-12-10-23-14(20)13(12)8-11-6-4-5-7-11/h11H,4-10H2,1-3H3. The Morgan fingerprint density at radius 3 is 2.39 bits per heavy atom. The molecule has 3 rings (SSSR count). The third kappa shape index (κ3) is 2.64. The van der Waals surface area contributed by atoms with Gasteiger partial charge in [-0.3, -0.25) is 9.69 Å². The van der Waals surface area contributed by atoms with Gasteiger partial charge in [0, 0.05) is 12.6 Å². The molecule has 6 heteroatoms. The number of rotatable bonds is 4. The Labute approximate surface area is 136 Å². The van der Waals surface area contributed by atoms with E-state index in [0.29, 0.717) is 17.9 Å². The number of carbonyl (C=O) groups is 3. The van der Waals surface area contributed by atoms with Crippen molar-refractivity contribution in [2.24, 2.45) is 5.92 Å². The molecule has 1 saturated heterocycles. The highest BCUT2D eigenvalue weighted by atomic mass is 16.5. The van der Waals surface area contributed by atoms with Crippen LogP contribution < -0.4 is 0 Å². The van der Waals surface area contributed by atoms with Gasteiger partial charge in [0.25, 0.3) is 5.91 Å². The molecule has 3 aliphatic rings. The van der Waals surface area contributed by atoms with Crippen LogP contribution in [-0.4, -0.2) is 53.4 Å². The molecule has 0 bridgehead atoms. The number of urea groups is 1. The first-order valence-corrected chi connectivity index (χ1v) is 8.30. The van der Waals surface area contributed by atoms with Crippen molar-refractivity contribution < 1.29 is 19.1 Å². The van der Waals surface area contributed by atoms with E-state index in [1.165, 1.54) is 22.6 Å². The van der Waals surface area contributed by atoms with Gasteiger partial charge in [-0.1, -0.05) is 25.7 Å². The van der Waals surface area contributed by atoms with Crippen molar-refractivity contribution in [2.45, 2.75) is 51.5 Å². The predicted octanol–water partition coefficient (Wildman–Crippen LogP) is 2.09. The zero-order valence-electron chi connectivity index (χ0n) is 14.1. The maximum Gasteiger partial charge on any atom is 0.334 e. The fourth-order valence-corrected chi connectivity index (χ4v) is 3.65. The Hall–Kier alpha value is -1.85. The zero-order valence-corrected chi connectivity index (χ0v) is 14.1. The molecule has 0 radical (unpaired) electrons. The largest absolute Gasteiger partial charge is 0.458 e. The summed E-state index contributed by atoms with van der Waals surface area (Å²) in [5.41, 5.74) is 0.631. The Bertz CT molecular complexity index is 587. The monoisotopic (exact) mass is 320 g/mol. The van der Waals surface area contributed by atoms with Gasteiger partial charge in [0.1, 0.15) is 12.1 Å². The molecule has 0 spiro atoms. The van der Waals surface area contributed by atoms with E-state index in [0.717, 1.165) is 18.4 Å². The molecule has 2 fully saturated rings. The van der Waals surface area contributed by atoms with Crippen molar-refractivity contribution in [1.29, 1.82) is 0 Å². The fourth-order valence-electron chi connectivity index (χ4n) is 3.65. The van der Waals surface area contributed by atoms with Gasteiger partial charge in [-0.25, -0.2) is 9.59 Å². The van der Waals surface area contributed by atoms with Gasteiger partial charge in [-0.15, -0.1) is 0 Å². The summed E-state index contributed by atoms with van der Waals surface area (Å²) in [4.78, 5) is 39.5. The van der Waals surface area contributed by atoms with Crippen LogP contribution in [0.4, 0.5) is 4.79 Å². The number of likely N-dealkylation sites (N-methyl/N-ethyl adjacent to an activating group) is 1. The molecule has 0 N–H and O–H groups in total. The minimum atomic E-state index is -0.841. The third-order valence-electron chi connectivity index (χ3n) is 5.49. The quantitative estimate of drug-likeness (QED) is 0.587. The number of hydrogen-bond donors (Lipinski definition) is 0. The van der Waals surface area contributed by atoms with Crippen LogP contribution in [0.25, 0.3) is 0 Å².